The predicted octanol–water partition coefficient (Wildman–Crippen LogP) is -1.36. The number of nitrogens with one attached hydrogen (secondary N) is 1. The van der Waals surface area contributed by atoms with Crippen LogP contribution in [0.25, 0.3) is 0 Å². The van der Waals surface area contributed by atoms with Gasteiger partial charge < -0.3 is 10.7 Å². The maximum atomic E-state index is 10.5. The fourth-order valence-electron chi connectivity index (χ4n) is 0.463. The standard InChI is InChI=1S/C3H6N4O2S/c4-2-1-6-3(7-2)10(5,8)9/h1H,4H2,(H,6,7)(H2,5,8,9). The Bertz CT molecular complexity index is 326. The van der Waals surface area contributed by atoms with Crippen molar-refractivity contribution >= 4 is 15.8 Å². The Morgan fingerprint density at radius 1 is 1.60 bits per heavy atom. The number of primary sulfonamides is 1. The molecule has 1 rings (SSSR count). The normalized spacial score (nSPS) is 11.7. The maximum absolute atomic E-state index is 10.5. The third kappa shape index (κ3) is 1.25. The predicted molar refractivity (Wildman–Crippen MR) is 34.4 cm³/mol. The Labute approximate surface area is 57.3 Å². The monoisotopic (exact) mass is 162 g/mol. The number of anilines is 1. The van der Waals surface area contributed by atoms with E-state index in [2.05, 4.69) is 9.97 Å². The van der Waals surface area contributed by atoms with Crippen molar-refractivity contribution in [3.05, 3.63) is 6.20 Å². The zero-order chi connectivity index (χ0) is 7.78. The summed E-state index contributed by atoms with van der Waals surface area (Å²) in [6, 6.07) is 0. The maximum Gasteiger partial charge on any atom is 0.271 e. The highest BCUT2D eigenvalue weighted by Crippen LogP contribution is 2.01. The Kier molecular flexibility index (Phi) is 1.38. The summed E-state index contributed by atoms with van der Waals surface area (Å²) in [4.78, 5) is 5.69. The molecule has 0 aliphatic rings. The quantitative estimate of drug-likeness (QED) is 0.473. The fraction of sp³-hybridized carbons (Fsp3) is 0. The fourth-order valence-corrected chi connectivity index (χ4v) is 0.919. The number of H-pyrrole nitrogens is 1. The van der Waals surface area contributed by atoms with Crippen molar-refractivity contribution < 1.29 is 8.42 Å². The van der Waals surface area contributed by atoms with Crippen LogP contribution in [-0.4, -0.2) is 18.4 Å². The zero-order valence-corrected chi connectivity index (χ0v) is 5.72. The van der Waals surface area contributed by atoms with Gasteiger partial charge in [0.1, 0.15) is 5.82 Å². The van der Waals surface area contributed by atoms with Crippen molar-refractivity contribution in [3.63, 3.8) is 0 Å². The van der Waals surface area contributed by atoms with Crippen molar-refractivity contribution in [1.82, 2.24) is 9.97 Å². The SMILES string of the molecule is Nc1c[nH]c(S(N)(=O)=O)n1. The van der Waals surface area contributed by atoms with E-state index >= 15 is 0 Å². The lowest BCUT2D eigenvalue weighted by molar-refractivity contribution is 0.590. The first kappa shape index (κ1) is 7.03. The Balaban J connectivity index is 3.21. The van der Waals surface area contributed by atoms with Crippen LogP contribution in [0.4, 0.5) is 5.82 Å². The lowest BCUT2D eigenvalue weighted by atomic mass is 10.8. The second kappa shape index (κ2) is 1.96. The highest BCUT2D eigenvalue weighted by atomic mass is 32.2. The molecule has 0 bridgehead atoms. The number of imidazole rings is 1. The minimum Gasteiger partial charge on any atom is -0.382 e. The third-order valence-electron chi connectivity index (χ3n) is 0.844. The number of sulfonamides is 1. The molecule has 1 aromatic heterocycles. The summed E-state index contributed by atoms with van der Waals surface area (Å²) in [5.74, 6) is 0.101. The van der Waals surface area contributed by atoms with Crippen LogP contribution in [-0.2, 0) is 10.0 Å². The number of hydrogen-bond acceptors (Lipinski definition) is 4. The van der Waals surface area contributed by atoms with Crippen molar-refractivity contribution in [1.29, 1.82) is 0 Å². The third-order valence-corrected chi connectivity index (χ3v) is 1.59. The van der Waals surface area contributed by atoms with Crippen LogP contribution >= 0.6 is 0 Å². The van der Waals surface area contributed by atoms with Gasteiger partial charge in [-0.3, -0.25) is 0 Å². The van der Waals surface area contributed by atoms with Crippen molar-refractivity contribution in [3.8, 4) is 0 Å². The lowest BCUT2D eigenvalue weighted by Gasteiger charge is -1.86. The topological polar surface area (TPSA) is 115 Å². The molecule has 0 saturated heterocycles. The van der Waals surface area contributed by atoms with Gasteiger partial charge in [-0.1, -0.05) is 0 Å². The van der Waals surface area contributed by atoms with E-state index in [-0.39, 0.29) is 11.0 Å². The summed E-state index contributed by atoms with van der Waals surface area (Å²) in [6.07, 6.45) is 1.25. The summed E-state index contributed by atoms with van der Waals surface area (Å²) in [6.45, 7) is 0. The highest BCUT2D eigenvalue weighted by molar-refractivity contribution is 7.89. The molecule has 1 heterocycles. The smallest absolute Gasteiger partial charge is 0.271 e. The zero-order valence-electron chi connectivity index (χ0n) is 4.90. The molecular formula is C3H6N4O2S. The Morgan fingerprint density at radius 2 is 2.20 bits per heavy atom. The molecule has 56 valence electrons. The van der Waals surface area contributed by atoms with E-state index in [9.17, 15) is 8.42 Å². The van der Waals surface area contributed by atoms with Gasteiger partial charge in [0.15, 0.2) is 0 Å². The number of nitrogen functional groups attached to an aromatic ring is 1. The summed E-state index contributed by atoms with van der Waals surface area (Å²) in [5, 5.41) is 4.38. The van der Waals surface area contributed by atoms with Crippen LogP contribution < -0.4 is 10.9 Å². The highest BCUT2D eigenvalue weighted by Gasteiger charge is 2.10. The van der Waals surface area contributed by atoms with E-state index in [4.69, 9.17) is 10.9 Å². The van der Waals surface area contributed by atoms with Gasteiger partial charge in [-0.2, -0.15) is 0 Å². The molecule has 6 nitrogen and oxygen atoms in total. The van der Waals surface area contributed by atoms with Crippen LogP contribution in [0.2, 0.25) is 0 Å². The first-order valence-corrected chi connectivity index (χ1v) is 3.88. The number of hydrogen-bond donors (Lipinski definition) is 3. The second-order valence-corrected chi connectivity index (χ2v) is 3.15. The van der Waals surface area contributed by atoms with Crippen molar-refractivity contribution in [2.24, 2.45) is 5.14 Å². The second-order valence-electron chi connectivity index (χ2n) is 1.68. The Morgan fingerprint density at radius 3 is 2.40 bits per heavy atom. The van der Waals surface area contributed by atoms with E-state index in [1.54, 1.807) is 0 Å². The molecule has 5 N–H and O–H groups in total. The average molecular weight is 162 g/mol. The molecular weight excluding hydrogens is 156 g/mol. The molecule has 0 unspecified atom stereocenters. The van der Waals surface area contributed by atoms with Crippen LogP contribution in [0.5, 0.6) is 0 Å². The minimum absolute atomic E-state index is 0.101. The van der Waals surface area contributed by atoms with Crippen LogP contribution in [0, 0.1) is 0 Å². The van der Waals surface area contributed by atoms with Gasteiger partial charge in [0.25, 0.3) is 10.0 Å². The number of aromatic nitrogens is 2. The van der Waals surface area contributed by atoms with E-state index in [1.807, 2.05) is 0 Å². The van der Waals surface area contributed by atoms with E-state index in [1.165, 1.54) is 6.20 Å². The van der Waals surface area contributed by atoms with Gasteiger partial charge in [-0.15, -0.1) is 0 Å². The largest absolute Gasteiger partial charge is 0.382 e. The van der Waals surface area contributed by atoms with Crippen molar-refractivity contribution in [2.75, 3.05) is 5.73 Å². The number of nitrogens with two attached hydrogens (primary N) is 2. The molecule has 0 aromatic carbocycles. The Hall–Kier alpha value is -1.08. The first-order valence-electron chi connectivity index (χ1n) is 2.34. The van der Waals surface area contributed by atoms with Crippen LogP contribution in [0.3, 0.4) is 0 Å². The van der Waals surface area contributed by atoms with Gasteiger partial charge in [0, 0.05) is 6.20 Å². The van der Waals surface area contributed by atoms with E-state index in [0.29, 0.717) is 0 Å². The van der Waals surface area contributed by atoms with Crippen molar-refractivity contribution in [2.45, 2.75) is 5.16 Å². The van der Waals surface area contributed by atoms with Gasteiger partial charge >= 0.3 is 0 Å². The summed E-state index contributed by atoms with van der Waals surface area (Å²) in [5.41, 5.74) is 5.11. The average Bonchev–Trinajstić information content (AvgIpc) is 2.11. The molecule has 0 radical (unpaired) electrons. The van der Waals surface area contributed by atoms with Gasteiger partial charge in [-0.05, 0) is 0 Å². The van der Waals surface area contributed by atoms with Crippen LogP contribution in [0.1, 0.15) is 0 Å². The molecule has 7 heteroatoms. The number of rotatable bonds is 1. The van der Waals surface area contributed by atoms with Gasteiger partial charge in [-0.25, -0.2) is 18.5 Å². The summed E-state index contributed by atoms with van der Waals surface area (Å²) >= 11 is 0. The summed E-state index contributed by atoms with van der Waals surface area (Å²) < 4.78 is 20.9. The molecule has 10 heavy (non-hydrogen) atoms. The molecule has 1 aromatic rings. The molecule has 0 aliphatic carbocycles. The molecule has 0 amide bonds. The van der Waals surface area contributed by atoms with Gasteiger partial charge in [0.2, 0.25) is 5.16 Å². The molecule has 0 atom stereocenters. The molecule has 0 spiro atoms. The number of nitrogens with zero attached hydrogens (tertiary/aromatic N) is 1. The van der Waals surface area contributed by atoms with E-state index in [0.717, 1.165) is 0 Å². The lowest BCUT2D eigenvalue weighted by Crippen LogP contribution is -2.13. The minimum atomic E-state index is -3.73. The molecule has 0 saturated carbocycles. The molecule has 0 fully saturated rings. The van der Waals surface area contributed by atoms with Crippen LogP contribution in [0.15, 0.2) is 11.4 Å². The summed E-state index contributed by atoms with van der Waals surface area (Å²) in [7, 11) is -3.73. The van der Waals surface area contributed by atoms with E-state index < -0.39 is 10.0 Å². The number of aromatic amines is 1. The first-order chi connectivity index (χ1) is 4.50. The van der Waals surface area contributed by atoms with Gasteiger partial charge in [0.05, 0.1) is 0 Å². The molecule has 0 aliphatic heterocycles.